The number of carbonyl (C=O) groups excluding carboxylic acids is 2. The molecule has 2 aliphatic heterocycles. The highest BCUT2D eigenvalue weighted by Gasteiger charge is 2.30. The molecule has 0 saturated carbocycles. The van der Waals surface area contributed by atoms with E-state index in [1.54, 1.807) is 28.0 Å². The topological polar surface area (TPSA) is 92.4 Å². The second kappa shape index (κ2) is 9.16. The molecule has 1 fully saturated rings. The maximum atomic E-state index is 14.5. The number of nitrogen functional groups attached to an aromatic ring is 1. The quantitative estimate of drug-likeness (QED) is 0.419. The van der Waals surface area contributed by atoms with Crippen molar-refractivity contribution in [3.05, 3.63) is 88.6 Å². The summed E-state index contributed by atoms with van der Waals surface area (Å²) in [6.45, 7) is 3.38. The Labute approximate surface area is 217 Å². The summed E-state index contributed by atoms with van der Waals surface area (Å²) >= 11 is 0. The maximum Gasteiger partial charge on any atom is 0.273 e. The third-order valence-corrected chi connectivity index (χ3v) is 7.46. The Morgan fingerprint density at radius 1 is 0.947 bits per heavy atom. The van der Waals surface area contributed by atoms with Gasteiger partial charge < -0.3 is 15.5 Å². The number of fused-ring (bicyclic) bond motifs is 2. The van der Waals surface area contributed by atoms with Gasteiger partial charge in [0.15, 0.2) is 11.6 Å². The van der Waals surface area contributed by atoms with Crippen LogP contribution < -0.4 is 5.73 Å². The minimum absolute atomic E-state index is 0.00486. The zero-order valence-electron chi connectivity index (χ0n) is 20.7. The van der Waals surface area contributed by atoms with Crippen molar-refractivity contribution >= 4 is 28.7 Å². The SMILES string of the molecule is CC1CCCN1C(=O)c1cc(F)c(F)cc1-c1ccc2nc(N)nc(C(=O)N3Cc4ccccc4C3)c2c1. The fourth-order valence-electron chi connectivity index (χ4n) is 5.46. The number of anilines is 1. The standard InChI is InChI=1S/C29H25F2N5O2/c1-16-5-4-10-36(16)27(37)21-13-24(31)23(30)12-20(21)17-8-9-25-22(11-17)26(34-29(32)33-25)28(38)35-14-18-6-2-3-7-19(18)15-35/h2-3,6-9,11-13,16H,4-5,10,14-15H2,1H3,(H2,32,33,34). The van der Waals surface area contributed by atoms with Crippen molar-refractivity contribution in [2.45, 2.75) is 38.9 Å². The van der Waals surface area contributed by atoms with Crippen LogP contribution in [0.1, 0.15) is 51.7 Å². The highest BCUT2D eigenvalue weighted by molar-refractivity contribution is 6.07. The van der Waals surface area contributed by atoms with Crippen molar-refractivity contribution in [3.8, 4) is 11.1 Å². The number of halogens is 2. The number of amides is 2. The summed E-state index contributed by atoms with van der Waals surface area (Å²) in [6, 6.07) is 14.8. The number of rotatable bonds is 3. The van der Waals surface area contributed by atoms with Crippen LogP contribution in [0.5, 0.6) is 0 Å². The van der Waals surface area contributed by atoms with Gasteiger partial charge in [-0.1, -0.05) is 30.3 Å². The fraction of sp³-hybridized carbons (Fsp3) is 0.241. The molecule has 1 atom stereocenters. The van der Waals surface area contributed by atoms with E-state index in [-0.39, 0.29) is 40.6 Å². The third-order valence-electron chi connectivity index (χ3n) is 7.46. The van der Waals surface area contributed by atoms with Crippen molar-refractivity contribution in [3.63, 3.8) is 0 Å². The van der Waals surface area contributed by atoms with E-state index >= 15 is 0 Å². The molecule has 1 unspecified atom stereocenters. The molecule has 6 rings (SSSR count). The second-order valence-corrected chi connectivity index (χ2v) is 9.89. The van der Waals surface area contributed by atoms with Gasteiger partial charge in [0.1, 0.15) is 5.69 Å². The Balaban J connectivity index is 1.45. The fourth-order valence-corrected chi connectivity index (χ4v) is 5.46. The Morgan fingerprint density at radius 2 is 1.66 bits per heavy atom. The van der Waals surface area contributed by atoms with E-state index in [2.05, 4.69) is 9.97 Å². The largest absolute Gasteiger partial charge is 0.368 e. The van der Waals surface area contributed by atoms with E-state index in [9.17, 15) is 18.4 Å². The smallest absolute Gasteiger partial charge is 0.273 e. The summed E-state index contributed by atoms with van der Waals surface area (Å²) in [6.07, 6.45) is 1.71. The second-order valence-electron chi connectivity index (χ2n) is 9.89. The molecule has 0 aliphatic carbocycles. The maximum absolute atomic E-state index is 14.5. The van der Waals surface area contributed by atoms with Gasteiger partial charge in [-0.3, -0.25) is 9.59 Å². The summed E-state index contributed by atoms with van der Waals surface area (Å²) in [4.78, 5) is 38.9. The van der Waals surface area contributed by atoms with Gasteiger partial charge in [-0.25, -0.2) is 18.7 Å². The van der Waals surface area contributed by atoms with Crippen LogP contribution in [0, 0.1) is 11.6 Å². The molecule has 3 aromatic carbocycles. The molecule has 2 amide bonds. The lowest BCUT2D eigenvalue weighted by Crippen LogP contribution is -2.34. The molecule has 0 radical (unpaired) electrons. The van der Waals surface area contributed by atoms with Crippen molar-refractivity contribution in [2.75, 3.05) is 12.3 Å². The summed E-state index contributed by atoms with van der Waals surface area (Å²) in [5.74, 6) is -2.87. The first-order valence-corrected chi connectivity index (χ1v) is 12.5. The predicted octanol–water partition coefficient (Wildman–Crippen LogP) is 4.94. The monoisotopic (exact) mass is 513 g/mol. The Kier molecular flexibility index (Phi) is 5.78. The van der Waals surface area contributed by atoms with Crippen molar-refractivity contribution in [2.24, 2.45) is 0 Å². The summed E-state index contributed by atoms with van der Waals surface area (Å²) in [5.41, 5.74) is 9.37. The van der Waals surface area contributed by atoms with Gasteiger partial charge in [0, 0.05) is 31.1 Å². The zero-order chi connectivity index (χ0) is 26.6. The molecule has 0 spiro atoms. The first-order chi connectivity index (χ1) is 18.3. The molecule has 2 N–H and O–H groups in total. The van der Waals surface area contributed by atoms with E-state index in [4.69, 9.17) is 5.73 Å². The van der Waals surface area contributed by atoms with Crippen LogP contribution in [-0.2, 0) is 13.1 Å². The van der Waals surface area contributed by atoms with Gasteiger partial charge in [0.2, 0.25) is 5.95 Å². The minimum atomic E-state index is -1.09. The lowest BCUT2D eigenvalue weighted by Gasteiger charge is -2.23. The Hall–Kier alpha value is -4.40. The molecular weight excluding hydrogens is 488 g/mol. The molecule has 192 valence electrons. The van der Waals surface area contributed by atoms with Gasteiger partial charge >= 0.3 is 0 Å². The van der Waals surface area contributed by atoms with Crippen LogP contribution >= 0.6 is 0 Å². The number of carbonyl (C=O) groups is 2. The lowest BCUT2D eigenvalue weighted by molar-refractivity contribution is 0.0740. The van der Waals surface area contributed by atoms with Crippen molar-refractivity contribution in [1.29, 1.82) is 0 Å². The van der Waals surface area contributed by atoms with E-state index in [1.807, 2.05) is 31.2 Å². The van der Waals surface area contributed by atoms with Gasteiger partial charge in [-0.2, -0.15) is 0 Å². The summed E-state index contributed by atoms with van der Waals surface area (Å²) in [7, 11) is 0. The number of likely N-dealkylation sites (tertiary alicyclic amines) is 1. The van der Waals surface area contributed by atoms with E-state index in [0.29, 0.717) is 36.1 Å². The van der Waals surface area contributed by atoms with Gasteiger partial charge in [0.05, 0.1) is 11.1 Å². The molecular formula is C29H25F2N5O2. The van der Waals surface area contributed by atoms with Gasteiger partial charge in [-0.15, -0.1) is 0 Å². The molecule has 0 bridgehead atoms. The molecule has 2 aliphatic rings. The van der Waals surface area contributed by atoms with Gasteiger partial charge in [-0.05, 0) is 66.3 Å². The van der Waals surface area contributed by atoms with Gasteiger partial charge in [0.25, 0.3) is 11.8 Å². The predicted molar refractivity (Wildman–Crippen MR) is 139 cm³/mol. The average Bonchev–Trinajstić information content (AvgIpc) is 3.54. The molecule has 1 saturated heterocycles. The zero-order valence-corrected chi connectivity index (χ0v) is 20.7. The van der Waals surface area contributed by atoms with Crippen LogP contribution in [0.3, 0.4) is 0 Å². The minimum Gasteiger partial charge on any atom is -0.368 e. The number of nitrogens with zero attached hydrogens (tertiary/aromatic N) is 4. The Bertz CT molecular complexity index is 1600. The molecule has 7 nitrogen and oxygen atoms in total. The van der Waals surface area contributed by atoms with E-state index < -0.39 is 11.6 Å². The lowest BCUT2D eigenvalue weighted by atomic mass is 9.96. The van der Waals surface area contributed by atoms with Crippen molar-refractivity contribution < 1.29 is 18.4 Å². The summed E-state index contributed by atoms with van der Waals surface area (Å²) < 4.78 is 28.8. The summed E-state index contributed by atoms with van der Waals surface area (Å²) in [5, 5.41) is 0.412. The molecule has 4 aromatic rings. The first-order valence-electron chi connectivity index (χ1n) is 12.5. The number of nitrogens with two attached hydrogens (primary N) is 1. The molecule has 3 heterocycles. The van der Waals surface area contributed by atoms with Crippen LogP contribution in [-0.4, -0.2) is 44.2 Å². The third kappa shape index (κ3) is 4.04. The first kappa shape index (κ1) is 24.0. The number of hydrogen-bond acceptors (Lipinski definition) is 5. The van der Waals surface area contributed by atoms with Crippen LogP contribution in [0.15, 0.2) is 54.6 Å². The normalized spacial score (nSPS) is 16.8. The highest BCUT2D eigenvalue weighted by atomic mass is 19.2. The highest BCUT2D eigenvalue weighted by Crippen LogP contribution is 2.33. The van der Waals surface area contributed by atoms with Crippen LogP contribution in [0.2, 0.25) is 0 Å². The Morgan fingerprint density at radius 3 is 2.34 bits per heavy atom. The van der Waals surface area contributed by atoms with Crippen LogP contribution in [0.25, 0.3) is 22.0 Å². The number of aromatic nitrogens is 2. The van der Waals surface area contributed by atoms with Crippen molar-refractivity contribution in [1.82, 2.24) is 19.8 Å². The number of benzene rings is 3. The number of hydrogen-bond donors (Lipinski definition) is 1. The van der Waals surface area contributed by atoms with E-state index in [1.165, 1.54) is 0 Å². The van der Waals surface area contributed by atoms with Crippen LogP contribution in [0.4, 0.5) is 14.7 Å². The molecule has 9 heteroatoms. The van der Waals surface area contributed by atoms with E-state index in [0.717, 1.165) is 36.1 Å². The molecule has 1 aromatic heterocycles. The molecule has 38 heavy (non-hydrogen) atoms. The average molecular weight is 514 g/mol.